The van der Waals surface area contributed by atoms with Crippen molar-refractivity contribution < 1.29 is 4.52 Å². The van der Waals surface area contributed by atoms with Gasteiger partial charge in [-0.05, 0) is 42.8 Å². The summed E-state index contributed by atoms with van der Waals surface area (Å²) in [6, 6.07) is 10.1. The number of hydrogen-bond donors (Lipinski definition) is 1. The minimum Gasteiger partial charge on any atom is -0.338 e. The third kappa shape index (κ3) is 3.61. The van der Waals surface area contributed by atoms with Crippen molar-refractivity contribution in [2.24, 2.45) is 5.73 Å². The van der Waals surface area contributed by atoms with E-state index in [1.165, 1.54) is 24.8 Å². The quantitative estimate of drug-likeness (QED) is 0.915. The van der Waals surface area contributed by atoms with Crippen molar-refractivity contribution in [3.05, 3.63) is 41.8 Å². The molecule has 1 fully saturated rings. The average molecular weight is 286 g/mol. The van der Waals surface area contributed by atoms with Crippen LogP contribution in [-0.4, -0.2) is 23.2 Å². The van der Waals surface area contributed by atoms with Gasteiger partial charge in [0.15, 0.2) is 0 Å². The average Bonchev–Trinajstić information content (AvgIpc) is 3.04. The van der Waals surface area contributed by atoms with Gasteiger partial charge in [0.2, 0.25) is 5.89 Å². The van der Waals surface area contributed by atoms with Gasteiger partial charge in [0.05, 0.1) is 6.04 Å². The molecule has 2 heterocycles. The molecule has 1 saturated heterocycles. The Hall–Kier alpha value is -1.88. The molecule has 1 aliphatic heterocycles. The van der Waals surface area contributed by atoms with Gasteiger partial charge >= 0.3 is 0 Å². The standard InChI is InChI=1S/C16H22N4O/c17-14(10-9-13-7-3-1-4-8-13)15-18-16(19-21-15)20-11-5-2-6-12-20/h1,3-4,7-8,14H,2,5-6,9-12,17H2/t14-/m0/s1. The van der Waals surface area contributed by atoms with Crippen LogP contribution in [0.25, 0.3) is 0 Å². The highest BCUT2D eigenvalue weighted by Gasteiger charge is 2.19. The lowest BCUT2D eigenvalue weighted by Crippen LogP contribution is -2.30. The summed E-state index contributed by atoms with van der Waals surface area (Å²) >= 11 is 0. The SMILES string of the molecule is N[C@@H](CCc1ccccc1)c1nc(N2CCCCC2)no1. The molecule has 1 aromatic carbocycles. The highest BCUT2D eigenvalue weighted by Crippen LogP contribution is 2.20. The zero-order valence-electron chi connectivity index (χ0n) is 12.2. The fourth-order valence-corrected chi connectivity index (χ4v) is 2.69. The van der Waals surface area contributed by atoms with Gasteiger partial charge in [-0.1, -0.05) is 30.3 Å². The van der Waals surface area contributed by atoms with Crippen LogP contribution in [0.4, 0.5) is 5.95 Å². The summed E-state index contributed by atoms with van der Waals surface area (Å²) in [7, 11) is 0. The lowest BCUT2D eigenvalue weighted by molar-refractivity contribution is 0.347. The second kappa shape index (κ2) is 6.72. The molecule has 1 aromatic heterocycles. The van der Waals surface area contributed by atoms with E-state index in [1.54, 1.807) is 0 Å². The molecule has 0 saturated carbocycles. The molecule has 2 aromatic rings. The van der Waals surface area contributed by atoms with E-state index < -0.39 is 0 Å². The Morgan fingerprint density at radius 1 is 1.14 bits per heavy atom. The third-order valence-electron chi connectivity index (χ3n) is 3.97. The van der Waals surface area contributed by atoms with Crippen LogP contribution < -0.4 is 10.6 Å². The van der Waals surface area contributed by atoms with Gasteiger partial charge in [0, 0.05) is 13.1 Å². The van der Waals surface area contributed by atoms with Crippen molar-refractivity contribution in [3.8, 4) is 0 Å². The Balaban J connectivity index is 1.57. The molecule has 0 radical (unpaired) electrons. The summed E-state index contributed by atoms with van der Waals surface area (Å²) in [4.78, 5) is 6.65. The lowest BCUT2D eigenvalue weighted by Gasteiger charge is -2.24. The zero-order chi connectivity index (χ0) is 14.5. The summed E-state index contributed by atoms with van der Waals surface area (Å²) in [5.74, 6) is 1.24. The Kier molecular flexibility index (Phi) is 4.50. The molecule has 0 aliphatic carbocycles. The maximum absolute atomic E-state index is 6.17. The molecular formula is C16H22N4O. The monoisotopic (exact) mass is 286 g/mol. The highest BCUT2D eigenvalue weighted by atomic mass is 16.5. The fraction of sp³-hybridized carbons (Fsp3) is 0.500. The number of hydrogen-bond acceptors (Lipinski definition) is 5. The van der Waals surface area contributed by atoms with E-state index in [2.05, 4.69) is 27.2 Å². The van der Waals surface area contributed by atoms with E-state index in [4.69, 9.17) is 10.3 Å². The van der Waals surface area contributed by atoms with Crippen LogP contribution in [0.15, 0.2) is 34.9 Å². The van der Waals surface area contributed by atoms with Gasteiger partial charge in [0.1, 0.15) is 0 Å². The van der Waals surface area contributed by atoms with Crippen LogP contribution in [0.5, 0.6) is 0 Å². The number of anilines is 1. The van der Waals surface area contributed by atoms with E-state index in [1.807, 2.05) is 18.2 Å². The molecule has 5 nitrogen and oxygen atoms in total. The topological polar surface area (TPSA) is 68.2 Å². The van der Waals surface area contributed by atoms with E-state index >= 15 is 0 Å². The van der Waals surface area contributed by atoms with Crippen LogP contribution in [-0.2, 0) is 6.42 Å². The first-order valence-corrected chi connectivity index (χ1v) is 7.71. The molecule has 0 bridgehead atoms. The smallest absolute Gasteiger partial charge is 0.266 e. The van der Waals surface area contributed by atoms with E-state index in [-0.39, 0.29) is 6.04 Å². The summed E-state index contributed by atoms with van der Waals surface area (Å²) in [6.45, 7) is 2.02. The predicted molar refractivity (Wildman–Crippen MR) is 82.1 cm³/mol. The third-order valence-corrected chi connectivity index (χ3v) is 3.97. The largest absolute Gasteiger partial charge is 0.338 e. The van der Waals surface area contributed by atoms with Gasteiger partial charge in [-0.25, -0.2) is 0 Å². The zero-order valence-corrected chi connectivity index (χ0v) is 12.2. The van der Waals surface area contributed by atoms with E-state index in [9.17, 15) is 0 Å². The lowest BCUT2D eigenvalue weighted by atomic mass is 10.1. The van der Waals surface area contributed by atoms with Crippen LogP contribution in [0, 0.1) is 0 Å². The highest BCUT2D eigenvalue weighted by molar-refractivity contribution is 5.28. The van der Waals surface area contributed by atoms with Crippen LogP contribution in [0.1, 0.15) is 43.2 Å². The predicted octanol–water partition coefficient (Wildman–Crippen LogP) is 2.69. The summed E-state index contributed by atoms with van der Waals surface area (Å²) in [6.07, 6.45) is 5.42. The number of aromatic nitrogens is 2. The Morgan fingerprint density at radius 3 is 2.67 bits per heavy atom. The van der Waals surface area contributed by atoms with Crippen molar-refractivity contribution in [2.75, 3.05) is 18.0 Å². The number of nitrogens with zero attached hydrogens (tertiary/aromatic N) is 3. The van der Waals surface area contributed by atoms with Crippen LogP contribution in [0.3, 0.4) is 0 Å². The summed E-state index contributed by atoms with van der Waals surface area (Å²) < 4.78 is 5.34. The molecule has 0 unspecified atom stereocenters. The second-order valence-corrected chi connectivity index (χ2v) is 5.61. The normalized spacial score (nSPS) is 16.9. The number of rotatable bonds is 5. The van der Waals surface area contributed by atoms with Crippen molar-refractivity contribution in [2.45, 2.75) is 38.1 Å². The maximum Gasteiger partial charge on any atom is 0.266 e. The molecule has 2 N–H and O–H groups in total. The molecule has 0 spiro atoms. The molecule has 0 amide bonds. The molecule has 1 aliphatic rings. The van der Waals surface area contributed by atoms with E-state index in [0.29, 0.717) is 11.8 Å². The van der Waals surface area contributed by atoms with Gasteiger partial charge < -0.3 is 15.2 Å². The summed E-state index contributed by atoms with van der Waals surface area (Å²) in [5, 5.41) is 4.08. The maximum atomic E-state index is 6.17. The van der Waals surface area contributed by atoms with Crippen molar-refractivity contribution in [1.82, 2.24) is 10.1 Å². The van der Waals surface area contributed by atoms with Crippen molar-refractivity contribution in [1.29, 1.82) is 0 Å². The van der Waals surface area contributed by atoms with Gasteiger partial charge in [-0.2, -0.15) is 4.98 Å². The summed E-state index contributed by atoms with van der Waals surface area (Å²) in [5.41, 5.74) is 7.45. The molecule has 3 rings (SSSR count). The Labute approximate surface area is 125 Å². The van der Waals surface area contributed by atoms with E-state index in [0.717, 1.165) is 25.9 Å². The molecule has 21 heavy (non-hydrogen) atoms. The van der Waals surface area contributed by atoms with Crippen molar-refractivity contribution >= 4 is 5.95 Å². The van der Waals surface area contributed by atoms with Crippen molar-refractivity contribution in [3.63, 3.8) is 0 Å². The molecule has 1 atom stereocenters. The van der Waals surface area contributed by atoms with Gasteiger partial charge in [0.25, 0.3) is 5.95 Å². The fourth-order valence-electron chi connectivity index (χ4n) is 2.69. The second-order valence-electron chi connectivity index (χ2n) is 5.61. The minimum atomic E-state index is -0.198. The van der Waals surface area contributed by atoms with Crippen LogP contribution in [0.2, 0.25) is 0 Å². The first-order chi connectivity index (χ1) is 10.3. The number of piperidine rings is 1. The first-order valence-electron chi connectivity index (χ1n) is 7.71. The number of nitrogens with two attached hydrogens (primary N) is 1. The molecule has 112 valence electrons. The van der Waals surface area contributed by atoms with Gasteiger partial charge in [-0.15, -0.1) is 0 Å². The molecule has 5 heteroatoms. The Morgan fingerprint density at radius 2 is 1.90 bits per heavy atom. The van der Waals surface area contributed by atoms with Gasteiger partial charge in [-0.3, -0.25) is 0 Å². The number of benzene rings is 1. The number of aryl methyl sites for hydroxylation is 1. The first kappa shape index (κ1) is 14.1. The molecular weight excluding hydrogens is 264 g/mol. The minimum absolute atomic E-state index is 0.198. The van der Waals surface area contributed by atoms with Crippen LogP contribution >= 0.6 is 0 Å². The Bertz CT molecular complexity index is 548.